The molecule has 0 unspecified atom stereocenters. The first-order valence-corrected chi connectivity index (χ1v) is 4.41. The maximum atomic E-state index is 11.6. The Bertz CT molecular complexity index is 680. The predicted molar refractivity (Wildman–Crippen MR) is 55.3 cm³/mol. The van der Waals surface area contributed by atoms with Gasteiger partial charge in [-0.25, -0.2) is 4.79 Å². The van der Waals surface area contributed by atoms with E-state index in [1.54, 1.807) is 0 Å². The number of nitriles is 1. The number of rotatable bonds is 1. The largest absolute Gasteiger partial charge is 0.478 e. The first-order valence-electron chi connectivity index (χ1n) is 4.41. The van der Waals surface area contributed by atoms with Gasteiger partial charge in [-0.2, -0.15) is 5.26 Å². The Morgan fingerprint density at radius 3 is 2.75 bits per heavy atom. The smallest absolute Gasteiger partial charge is 0.335 e. The van der Waals surface area contributed by atoms with Crippen molar-refractivity contribution in [3.8, 4) is 6.07 Å². The van der Waals surface area contributed by atoms with Crippen molar-refractivity contribution in [2.24, 2.45) is 0 Å². The van der Waals surface area contributed by atoms with Crippen molar-refractivity contribution in [1.82, 2.24) is 4.40 Å². The summed E-state index contributed by atoms with van der Waals surface area (Å²) in [4.78, 5) is 22.3. The molecule has 0 atom stereocenters. The van der Waals surface area contributed by atoms with E-state index in [-0.39, 0.29) is 5.56 Å². The number of fused-ring (bicyclic) bond motifs is 1. The topological polar surface area (TPSA) is 82.6 Å². The first kappa shape index (κ1) is 9.93. The average molecular weight is 214 g/mol. The zero-order valence-corrected chi connectivity index (χ0v) is 8.04. The van der Waals surface area contributed by atoms with Gasteiger partial charge in [0.1, 0.15) is 6.07 Å². The molecule has 16 heavy (non-hydrogen) atoms. The van der Waals surface area contributed by atoms with E-state index in [0.29, 0.717) is 11.1 Å². The fraction of sp³-hybridized carbons (Fsp3) is 0. The molecular formula is C11H6N2O3. The van der Waals surface area contributed by atoms with Gasteiger partial charge >= 0.3 is 5.97 Å². The van der Waals surface area contributed by atoms with Gasteiger partial charge < -0.3 is 5.11 Å². The van der Waals surface area contributed by atoms with Gasteiger partial charge in [0.05, 0.1) is 11.1 Å². The van der Waals surface area contributed by atoms with Gasteiger partial charge in [-0.05, 0) is 18.2 Å². The molecule has 0 amide bonds. The lowest BCUT2D eigenvalue weighted by Gasteiger charge is -2.01. The monoisotopic (exact) mass is 214 g/mol. The molecule has 0 aromatic carbocycles. The summed E-state index contributed by atoms with van der Waals surface area (Å²) >= 11 is 0. The minimum atomic E-state index is -1.15. The summed E-state index contributed by atoms with van der Waals surface area (Å²) in [6.45, 7) is 0. The summed E-state index contributed by atoms with van der Waals surface area (Å²) in [6.07, 6.45) is 1.38. The van der Waals surface area contributed by atoms with Crippen LogP contribution in [0.1, 0.15) is 15.9 Å². The van der Waals surface area contributed by atoms with Crippen LogP contribution >= 0.6 is 0 Å². The molecule has 5 nitrogen and oxygen atoms in total. The highest BCUT2D eigenvalue weighted by atomic mass is 16.4. The number of hydrogen-bond donors (Lipinski definition) is 1. The minimum absolute atomic E-state index is 0.0605. The number of hydrogen-bond acceptors (Lipinski definition) is 3. The number of carboxylic acids is 1. The molecule has 0 aliphatic rings. The van der Waals surface area contributed by atoms with E-state index in [0.717, 1.165) is 6.07 Å². The molecule has 0 spiro atoms. The van der Waals surface area contributed by atoms with Crippen molar-refractivity contribution >= 4 is 11.5 Å². The highest BCUT2D eigenvalue weighted by molar-refractivity contribution is 5.88. The molecule has 0 saturated heterocycles. The Morgan fingerprint density at radius 2 is 2.12 bits per heavy atom. The van der Waals surface area contributed by atoms with Crippen molar-refractivity contribution in [3.05, 3.63) is 51.9 Å². The van der Waals surface area contributed by atoms with Gasteiger partial charge in [0.25, 0.3) is 5.56 Å². The molecule has 2 aromatic heterocycles. The quantitative estimate of drug-likeness (QED) is 0.763. The van der Waals surface area contributed by atoms with Gasteiger partial charge in [0, 0.05) is 17.8 Å². The Morgan fingerprint density at radius 1 is 1.38 bits per heavy atom. The molecule has 78 valence electrons. The molecular weight excluding hydrogens is 208 g/mol. The molecule has 0 bridgehead atoms. The second kappa shape index (κ2) is 3.51. The Balaban J connectivity index is 2.83. The summed E-state index contributed by atoms with van der Waals surface area (Å²) in [5.74, 6) is -1.15. The maximum absolute atomic E-state index is 11.6. The Kier molecular flexibility index (Phi) is 2.18. The van der Waals surface area contributed by atoms with E-state index in [2.05, 4.69) is 0 Å². The lowest BCUT2D eigenvalue weighted by atomic mass is 10.2. The standard InChI is InChI=1S/C11H6N2O3/c12-5-7-1-2-9-3-8(11(15)16)4-10(14)13(9)6-7/h1-4,6H,(H,15,16). The van der Waals surface area contributed by atoms with Crippen LogP contribution in [0, 0.1) is 11.3 Å². The Labute approximate surface area is 89.8 Å². The zero-order valence-electron chi connectivity index (χ0n) is 8.04. The highest BCUT2D eigenvalue weighted by Crippen LogP contribution is 2.06. The van der Waals surface area contributed by atoms with Gasteiger partial charge in [-0.1, -0.05) is 0 Å². The van der Waals surface area contributed by atoms with E-state index in [4.69, 9.17) is 10.4 Å². The molecule has 0 aliphatic carbocycles. The number of pyridine rings is 2. The van der Waals surface area contributed by atoms with E-state index in [1.807, 2.05) is 6.07 Å². The second-order valence-corrected chi connectivity index (χ2v) is 3.21. The Hall–Kier alpha value is -2.61. The summed E-state index contributed by atoms with van der Waals surface area (Å²) in [5, 5.41) is 17.4. The molecule has 0 fully saturated rings. The summed E-state index contributed by atoms with van der Waals surface area (Å²) in [6, 6.07) is 7.37. The van der Waals surface area contributed by atoms with Crippen LogP contribution in [0.4, 0.5) is 0 Å². The van der Waals surface area contributed by atoms with Gasteiger partial charge in [0.2, 0.25) is 0 Å². The predicted octanol–water partition coefficient (Wildman–Crippen LogP) is 0.869. The maximum Gasteiger partial charge on any atom is 0.335 e. The summed E-state index contributed by atoms with van der Waals surface area (Å²) < 4.78 is 1.24. The third kappa shape index (κ3) is 1.53. The second-order valence-electron chi connectivity index (χ2n) is 3.21. The first-order chi connectivity index (χ1) is 7.61. The van der Waals surface area contributed by atoms with Crippen LogP contribution < -0.4 is 5.56 Å². The van der Waals surface area contributed by atoms with Crippen LogP contribution in [0.25, 0.3) is 5.52 Å². The molecule has 1 N–H and O–H groups in total. The molecule has 0 aliphatic heterocycles. The van der Waals surface area contributed by atoms with Crippen LogP contribution in [0.3, 0.4) is 0 Å². The number of carbonyl (C=O) groups is 1. The summed E-state index contributed by atoms with van der Waals surface area (Å²) in [5.41, 5.74) is 0.267. The van der Waals surface area contributed by atoms with E-state index in [1.165, 1.54) is 28.8 Å². The minimum Gasteiger partial charge on any atom is -0.478 e. The fourth-order valence-electron chi connectivity index (χ4n) is 1.41. The lowest BCUT2D eigenvalue weighted by Crippen LogP contribution is -2.15. The van der Waals surface area contributed by atoms with Crippen LogP contribution in [0.15, 0.2) is 35.3 Å². The molecule has 2 heterocycles. The zero-order chi connectivity index (χ0) is 11.7. The molecule has 2 rings (SSSR count). The SMILES string of the molecule is N#Cc1ccc2cc(C(=O)O)cc(=O)n2c1. The van der Waals surface area contributed by atoms with Crippen LogP contribution in [-0.2, 0) is 0 Å². The highest BCUT2D eigenvalue weighted by Gasteiger charge is 2.06. The van der Waals surface area contributed by atoms with Crippen molar-refractivity contribution in [2.45, 2.75) is 0 Å². The van der Waals surface area contributed by atoms with Crippen molar-refractivity contribution < 1.29 is 9.90 Å². The third-order valence-electron chi connectivity index (χ3n) is 2.18. The average Bonchev–Trinajstić information content (AvgIpc) is 2.28. The van der Waals surface area contributed by atoms with Gasteiger partial charge in [-0.15, -0.1) is 0 Å². The van der Waals surface area contributed by atoms with Crippen LogP contribution in [0.5, 0.6) is 0 Å². The van der Waals surface area contributed by atoms with Crippen molar-refractivity contribution in [2.75, 3.05) is 0 Å². The molecule has 5 heteroatoms. The normalized spacial score (nSPS) is 9.94. The lowest BCUT2D eigenvalue weighted by molar-refractivity contribution is 0.0696. The molecule has 0 radical (unpaired) electrons. The number of aromatic carboxylic acids is 1. The fourth-order valence-corrected chi connectivity index (χ4v) is 1.41. The van der Waals surface area contributed by atoms with Crippen molar-refractivity contribution in [1.29, 1.82) is 5.26 Å². The van der Waals surface area contributed by atoms with Crippen LogP contribution in [-0.4, -0.2) is 15.5 Å². The number of aromatic nitrogens is 1. The molecule has 2 aromatic rings. The molecule has 0 saturated carbocycles. The van der Waals surface area contributed by atoms with Gasteiger partial charge in [-0.3, -0.25) is 9.20 Å². The van der Waals surface area contributed by atoms with E-state index < -0.39 is 11.5 Å². The van der Waals surface area contributed by atoms with E-state index >= 15 is 0 Å². The number of carboxylic acid groups (broad SMARTS) is 1. The summed E-state index contributed by atoms with van der Waals surface area (Å²) in [7, 11) is 0. The van der Waals surface area contributed by atoms with Crippen LogP contribution in [0.2, 0.25) is 0 Å². The van der Waals surface area contributed by atoms with E-state index in [9.17, 15) is 9.59 Å². The van der Waals surface area contributed by atoms with Crippen molar-refractivity contribution in [3.63, 3.8) is 0 Å². The number of nitrogens with zero attached hydrogens (tertiary/aromatic N) is 2. The van der Waals surface area contributed by atoms with Gasteiger partial charge in [0.15, 0.2) is 0 Å². The third-order valence-corrected chi connectivity index (χ3v) is 2.18.